The van der Waals surface area contributed by atoms with E-state index in [0.29, 0.717) is 9.32 Å². The second-order valence-corrected chi connectivity index (χ2v) is 3.87. The molecule has 66 valence electrons. The molecule has 0 radical (unpaired) electrons. The van der Waals surface area contributed by atoms with Crippen LogP contribution in [0.4, 0.5) is 4.39 Å². The summed E-state index contributed by atoms with van der Waals surface area (Å²) in [6.07, 6.45) is 0. The smallest absolute Gasteiger partial charge is 0.157 e. The van der Waals surface area contributed by atoms with Gasteiger partial charge in [-0.25, -0.2) is 4.39 Å². The summed E-state index contributed by atoms with van der Waals surface area (Å²) in [5.41, 5.74) is 0. The van der Waals surface area contributed by atoms with Gasteiger partial charge in [-0.1, -0.05) is 23.2 Å². The van der Waals surface area contributed by atoms with Crippen molar-refractivity contribution in [3.05, 3.63) is 25.5 Å². The Balaban J connectivity index is 3.40. The third-order valence-corrected chi connectivity index (χ3v) is 3.29. The Morgan fingerprint density at radius 3 is 2.58 bits per heavy atom. The SMILES string of the molecule is COc1c(Cl)cc(F)c(I)c1Cl. The molecule has 1 aromatic carbocycles. The van der Waals surface area contributed by atoms with E-state index in [1.165, 1.54) is 13.2 Å². The van der Waals surface area contributed by atoms with Gasteiger partial charge in [0.05, 0.1) is 15.7 Å². The van der Waals surface area contributed by atoms with Gasteiger partial charge in [-0.15, -0.1) is 0 Å². The molecule has 1 nitrogen and oxygen atoms in total. The summed E-state index contributed by atoms with van der Waals surface area (Å²) < 4.78 is 18.1. The van der Waals surface area contributed by atoms with Crippen molar-refractivity contribution in [1.29, 1.82) is 0 Å². The highest BCUT2D eigenvalue weighted by Crippen LogP contribution is 2.37. The first-order valence-corrected chi connectivity index (χ1v) is 4.78. The van der Waals surface area contributed by atoms with Gasteiger partial charge in [0.1, 0.15) is 10.8 Å². The standard InChI is InChI=1S/C7H4Cl2FIO/c1-12-7-3(8)2-4(10)6(11)5(7)9/h2H,1H3. The van der Waals surface area contributed by atoms with Crippen LogP contribution in [-0.2, 0) is 0 Å². The highest BCUT2D eigenvalue weighted by Gasteiger charge is 2.14. The Bertz CT molecular complexity index is 317. The van der Waals surface area contributed by atoms with Crippen LogP contribution < -0.4 is 4.74 Å². The van der Waals surface area contributed by atoms with E-state index in [1.54, 1.807) is 22.6 Å². The number of halogens is 4. The van der Waals surface area contributed by atoms with Crippen LogP contribution in [-0.4, -0.2) is 7.11 Å². The number of methoxy groups -OCH3 is 1. The summed E-state index contributed by atoms with van der Waals surface area (Å²) in [4.78, 5) is 0. The summed E-state index contributed by atoms with van der Waals surface area (Å²) in [5.74, 6) is -0.129. The normalized spacial score (nSPS) is 10.1. The Morgan fingerprint density at radius 1 is 1.50 bits per heavy atom. The van der Waals surface area contributed by atoms with Crippen molar-refractivity contribution in [2.75, 3.05) is 7.11 Å². The fourth-order valence-electron chi connectivity index (χ4n) is 0.737. The second-order valence-electron chi connectivity index (χ2n) is 2.00. The fourth-order valence-corrected chi connectivity index (χ4v) is 1.72. The average molecular weight is 321 g/mol. The molecule has 0 saturated heterocycles. The lowest BCUT2D eigenvalue weighted by molar-refractivity contribution is 0.413. The molecule has 5 heteroatoms. The van der Waals surface area contributed by atoms with Gasteiger partial charge in [-0.05, 0) is 28.7 Å². The van der Waals surface area contributed by atoms with Gasteiger partial charge in [0.15, 0.2) is 5.75 Å². The van der Waals surface area contributed by atoms with Crippen molar-refractivity contribution >= 4 is 45.8 Å². The lowest BCUT2D eigenvalue weighted by atomic mass is 10.3. The third-order valence-electron chi connectivity index (χ3n) is 1.28. The van der Waals surface area contributed by atoms with Crippen LogP contribution >= 0.6 is 45.8 Å². The minimum Gasteiger partial charge on any atom is -0.494 e. The van der Waals surface area contributed by atoms with E-state index < -0.39 is 5.82 Å². The first-order valence-electron chi connectivity index (χ1n) is 2.95. The van der Waals surface area contributed by atoms with Crippen molar-refractivity contribution in [3.63, 3.8) is 0 Å². The van der Waals surface area contributed by atoms with Crippen LogP contribution in [0.5, 0.6) is 5.75 Å². The molecule has 0 N–H and O–H groups in total. The molecule has 0 bridgehead atoms. The van der Waals surface area contributed by atoms with Gasteiger partial charge in [-0.3, -0.25) is 0 Å². The Morgan fingerprint density at radius 2 is 2.08 bits per heavy atom. The molecule has 1 rings (SSSR count). The van der Waals surface area contributed by atoms with Gasteiger partial charge in [0.2, 0.25) is 0 Å². The van der Waals surface area contributed by atoms with Crippen LogP contribution in [0.15, 0.2) is 6.07 Å². The summed E-state index contributed by atoms with van der Waals surface area (Å²) in [6.45, 7) is 0. The number of rotatable bonds is 1. The number of ether oxygens (including phenoxy) is 1. The summed E-state index contributed by atoms with van der Waals surface area (Å²) in [6, 6.07) is 1.17. The molecule has 1 aromatic rings. The van der Waals surface area contributed by atoms with Crippen LogP contribution in [0.1, 0.15) is 0 Å². The summed E-state index contributed by atoms with van der Waals surface area (Å²) in [5, 5.41) is 0.392. The predicted molar refractivity (Wildman–Crippen MR) is 55.7 cm³/mol. The zero-order chi connectivity index (χ0) is 9.30. The maximum absolute atomic E-state index is 12.9. The van der Waals surface area contributed by atoms with E-state index in [2.05, 4.69) is 0 Å². The quantitative estimate of drug-likeness (QED) is 0.435. The van der Waals surface area contributed by atoms with Gasteiger partial charge in [0, 0.05) is 0 Å². The first-order chi connectivity index (χ1) is 5.57. The monoisotopic (exact) mass is 320 g/mol. The van der Waals surface area contributed by atoms with E-state index in [-0.39, 0.29) is 10.0 Å². The molecule has 12 heavy (non-hydrogen) atoms. The van der Waals surface area contributed by atoms with E-state index in [4.69, 9.17) is 27.9 Å². The molecule has 0 spiro atoms. The number of hydrogen-bond acceptors (Lipinski definition) is 1. The average Bonchev–Trinajstić information content (AvgIpc) is 2.01. The van der Waals surface area contributed by atoms with Crippen molar-refractivity contribution in [2.45, 2.75) is 0 Å². The Hall–Kier alpha value is 0.260. The Labute approximate surface area is 92.9 Å². The van der Waals surface area contributed by atoms with E-state index in [9.17, 15) is 4.39 Å². The van der Waals surface area contributed by atoms with E-state index >= 15 is 0 Å². The lowest BCUT2D eigenvalue weighted by Crippen LogP contribution is -1.91. The molecule has 0 aromatic heterocycles. The van der Waals surface area contributed by atoms with E-state index in [1.807, 2.05) is 0 Å². The fraction of sp³-hybridized carbons (Fsp3) is 0.143. The van der Waals surface area contributed by atoms with Crippen molar-refractivity contribution in [3.8, 4) is 5.75 Å². The van der Waals surface area contributed by atoms with Crippen LogP contribution in [0.2, 0.25) is 10.0 Å². The van der Waals surface area contributed by atoms with Gasteiger partial charge in [0.25, 0.3) is 0 Å². The number of benzene rings is 1. The maximum atomic E-state index is 12.9. The topological polar surface area (TPSA) is 9.23 Å². The molecule has 0 unspecified atom stereocenters. The second kappa shape index (κ2) is 3.98. The largest absolute Gasteiger partial charge is 0.494 e. The van der Waals surface area contributed by atoms with E-state index in [0.717, 1.165) is 0 Å². The molecule has 0 aliphatic carbocycles. The van der Waals surface area contributed by atoms with Crippen LogP contribution in [0.3, 0.4) is 0 Å². The Kier molecular flexibility index (Phi) is 3.43. The van der Waals surface area contributed by atoms with Crippen LogP contribution in [0.25, 0.3) is 0 Å². The minimum absolute atomic E-state index is 0.181. The van der Waals surface area contributed by atoms with Crippen molar-refractivity contribution in [1.82, 2.24) is 0 Å². The zero-order valence-electron chi connectivity index (χ0n) is 6.00. The third kappa shape index (κ3) is 1.78. The molecule has 0 fully saturated rings. The van der Waals surface area contributed by atoms with Gasteiger partial charge >= 0.3 is 0 Å². The zero-order valence-corrected chi connectivity index (χ0v) is 9.67. The lowest BCUT2D eigenvalue weighted by Gasteiger charge is -2.07. The van der Waals surface area contributed by atoms with Crippen LogP contribution in [0, 0.1) is 9.39 Å². The maximum Gasteiger partial charge on any atom is 0.157 e. The predicted octanol–water partition coefficient (Wildman–Crippen LogP) is 3.75. The summed E-state index contributed by atoms with van der Waals surface area (Å²) >= 11 is 13.2. The van der Waals surface area contributed by atoms with Crippen molar-refractivity contribution < 1.29 is 9.13 Å². The minimum atomic E-state index is -0.439. The molecular weight excluding hydrogens is 317 g/mol. The highest BCUT2D eigenvalue weighted by atomic mass is 127. The van der Waals surface area contributed by atoms with Gasteiger partial charge < -0.3 is 4.74 Å². The first kappa shape index (κ1) is 10.3. The molecule has 0 amide bonds. The molecule has 0 saturated carbocycles. The molecular formula is C7H4Cl2FIO. The molecule has 0 aliphatic rings. The summed E-state index contributed by atoms with van der Waals surface area (Å²) in [7, 11) is 1.43. The van der Waals surface area contributed by atoms with Crippen molar-refractivity contribution in [2.24, 2.45) is 0 Å². The highest BCUT2D eigenvalue weighted by molar-refractivity contribution is 14.1. The number of hydrogen-bond donors (Lipinski definition) is 0. The molecule has 0 aliphatic heterocycles. The van der Waals surface area contributed by atoms with Gasteiger partial charge in [-0.2, -0.15) is 0 Å². The molecule has 0 atom stereocenters. The molecule has 0 heterocycles.